The van der Waals surface area contributed by atoms with Crippen LogP contribution in [0.3, 0.4) is 0 Å². The fourth-order valence-corrected chi connectivity index (χ4v) is 3.38. The first-order valence-corrected chi connectivity index (χ1v) is 9.30. The summed E-state index contributed by atoms with van der Waals surface area (Å²) in [5, 5.41) is 4.08. The number of hydrogen-bond donors (Lipinski definition) is 0. The minimum absolute atomic E-state index is 0.0596. The van der Waals surface area contributed by atoms with Gasteiger partial charge in [-0.1, -0.05) is 47.6 Å². The number of carbonyl (C=O) groups excluding carboxylic acids is 1. The summed E-state index contributed by atoms with van der Waals surface area (Å²) < 4.78 is 19.3. The standard InChI is InChI=1S/C21H21FN4O2/c1-15(20-23-19(24-28-20)16-7-3-2-4-8-16)25-11-13-26(14-12-25)21(27)17-9-5-6-10-18(17)22/h2-10,15H,11-14H2,1H3. The molecular formula is C21H21FN4O2. The number of hydrogen-bond acceptors (Lipinski definition) is 5. The molecule has 1 atom stereocenters. The summed E-state index contributed by atoms with van der Waals surface area (Å²) in [6.07, 6.45) is 0. The number of halogens is 1. The number of aromatic nitrogens is 2. The summed E-state index contributed by atoms with van der Waals surface area (Å²) in [4.78, 5) is 20.9. The van der Waals surface area contributed by atoms with Crippen LogP contribution in [0, 0.1) is 5.82 Å². The number of nitrogens with zero attached hydrogens (tertiary/aromatic N) is 4. The summed E-state index contributed by atoms with van der Waals surface area (Å²) >= 11 is 0. The Labute approximate surface area is 162 Å². The average Bonchev–Trinajstić information content (AvgIpc) is 3.24. The van der Waals surface area contributed by atoms with Gasteiger partial charge < -0.3 is 9.42 Å². The van der Waals surface area contributed by atoms with Crippen LogP contribution in [0.1, 0.15) is 29.2 Å². The first-order chi connectivity index (χ1) is 13.6. The molecule has 2 heterocycles. The third-order valence-electron chi connectivity index (χ3n) is 5.08. The Morgan fingerprint density at radius 2 is 1.71 bits per heavy atom. The van der Waals surface area contributed by atoms with E-state index in [0.29, 0.717) is 37.9 Å². The van der Waals surface area contributed by atoms with Crippen molar-refractivity contribution in [2.24, 2.45) is 0 Å². The summed E-state index contributed by atoms with van der Waals surface area (Å²) in [6, 6.07) is 15.7. The maximum absolute atomic E-state index is 13.9. The van der Waals surface area contributed by atoms with Gasteiger partial charge in [-0.3, -0.25) is 9.69 Å². The Morgan fingerprint density at radius 1 is 1.04 bits per heavy atom. The van der Waals surface area contributed by atoms with Crippen LogP contribution in [-0.2, 0) is 0 Å². The fraction of sp³-hybridized carbons (Fsp3) is 0.286. The zero-order valence-corrected chi connectivity index (χ0v) is 15.6. The molecule has 4 rings (SSSR count). The van der Waals surface area contributed by atoms with E-state index in [2.05, 4.69) is 15.0 Å². The fourth-order valence-electron chi connectivity index (χ4n) is 3.38. The highest BCUT2D eigenvalue weighted by Crippen LogP contribution is 2.24. The van der Waals surface area contributed by atoms with Crippen molar-refractivity contribution >= 4 is 5.91 Å². The second-order valence-corrected chi connectivity index (χ2v) is 6.81. The molecule has 1 aromatic heterocycles. The van der Waals surface area contributed by atoms with E-state index in [9.17, 15) is 9.18 Å². The van der Waals surface area contributed by atoms with Gasteiger partial charge in [0.2, 0.25) is 11.7 Å². The minimum atomic E-state index is -0.484. The molecule has 1 fully saturated rings. The van der Waals surface area contributed by atoms with Crippen LogP contribution in [0.15, 0.2) is 59.1 Å². The van der Waals surface area contributed by atoms with Gasteiger partial charge >= 0.3 is 0 Å². The van der Waals surface area contributed by atoms with Crippen molar-refractivity contribution in [3.8, 4) is 11.4 Å². The van der Waals surface area contributed by atoms with E-state index in [0.717, 1.165) is 5.56 Å². The van der Waals surface area contributed by atoms with Crippen molar-refractivity contribution in [2.75, 3.05) is 26.2 Å². The second-order valence-electron chi connectivity index (χ2n) is 6.81. The van der Waals surface area contributed by atoms with Crippen LogP contribution < -0.4 is 0 Å². The zero-order chi connectivity index (χ0) is 19.5. The van der Waals surface area contributed by atoms with Crippen LogP contribution in [0.5, 0.6) is 0 Å². The van der Waals surface area contributed by atoms with Crippen LogP contribution in [0.25, 0.3) is 11.4 Å². The molecule has 7 heteroatoms. The van der Waals surface area contributed by atoms with Gasteiger partial charge in [-0.15, -0.1) is 0 Å². The van der Waals surface area contributed by atoms with Gasteiger partial charge in [0.25, 0.3) is 5.91 Å². The van der Waals surface area contributed by atoms with E-state index in [1.54, 1.807) is 17.0 Å². The molecule has 1 aliphatic rings. The molecule has 1 unspecified atom stereocenters. The molecule has 0 bridgehead atoms. The largest absolute Gasteiger partial charge is 0.337 e. The van der Waals surface area contributed by atoms with Crippen molar-refractivity contribution in [2.45, 2.75) is 13.0 Å². The van der Waals surface area contributed by atoms with E-state index in [-0.39, 0.29) is 17.5 Å². The maximum Gasteiger partial charge on any atom is 0.256 e. The molecule has 1 amide bonds. The van der Waals surface area contributed by atoms with Crippen LogP contribution in [-0.4, -0.2) is 52.0 Å². The molecule has 0 radical (unpaired) electrons. The Morgan fingerprint density at radius 3 is 2.43 bits per heavy atom. The van der Waals surface area contributed by atoms with Crippen molar-refractivity contribution in [3.63, 3.8) is 0 Å². The molecular weight excluding hydrogens is 359 g/mol. The van der Waals surface area contributed by atoms with Gasteiger partial charge in [0.05, 0.1) is 11.6 Å². The highest BCUT2D eigenvalue weighted by molar-refractivity contribution is 5.94. The lowest BCUT2D eigenvalue weighted by Gasteiger charge is -2.36. The first-order valence-electron chi connectivity index (χ1n) is 9.30. The van der Waals surface area contributed by atoms with Gasteiger partial charge in [0.15, 0.2) is 0 Å². The number of piperazine rings is 1. The molecule has 1 saturated heterocycles. The topological polar surface area (TPSA) is 62.5 Å². The lowest BCUT2D eigenvalue weighted by atomic mass is 10.1. The van der Waals surface area contributed by atoms with E-state index < -0.39 is 5.82 Å². The third kappa shape index (κ3) is 3.66. The van der Waals surface area contributed by atoms with Gasteiger partial charge in [-0.05, 0) is 19.1 Å². The van der Waals surface area contributed by atoms with Crippen LogP contribution in [0.4, 0.5) is 4.39 Å². The van der Waals surface area contributed by atoms with E-state index in [1.807, 2.05) is 37.3 Å². The van der Waals surface area contributed by atoms with Gasteiger partial charge in [0, 0.05) is 31.7 Å². The summed E-state index contributed by atoms with van der Waals surface area (Å²) in [6.45, 7) is 4.37. The molecule has 0 N–H and O–H groups in total. The molecule has 0 saturated carbocycles. The number of rotatable bonds is 4. The molecule has 0 spiro atoms. The smallest absolute Gasteiger partial charge is 0.256 e. The highest BCUT2D eigenvalue weighted by Gasteiger charge is 2.28. The van der Waals surface area contributed by atoms with Crippen molar-refractivity contribution in [1.29, 1.82) is 0 Å². The lowest BCUT2D eigenvalue weighted by Crippen LogP contribution is -2.49. The Bertz CT molecular complexity index is 952. The van der Waals surface area contributed by atoms with Gasteiger partial charge in [0.1, 0.15) is 5.82 Å². The quantitative estimate of drug-likeness (QED) is 0.694. The minimum Gasteiger partial charge on any atom is -0.337 e. The Kier molecular flexibility index (Phi) is 5.16. The number of amides is 1. The zero-order valence-electron chi connectivity index (χ0n) is 15.6. The summed E-state index contributed by atoms with van der Waals surface area (Å²) in [7, 11) is 0. The van der Waals surface area contributed by atoms with Gasteiger partial charge in [-0.2, -0.15) is 4.98 Å². The number of carbonyl (C=O) groups is 1. The normalized spacial score (nSPS) is 16.1. The Hall–Kier alpha value is -3.06. The van der Waals surface area contributed by atoms with Crippen molar-refractivity contribution in [1.82, 2.24) is 19.9 Å². The summed E-state index contributed by atoms with van der Waals surface area (Å²) in [5.41, 5.74) is 1.03. The highest BCUT2D eigenvalue weighted by atomic mass is 19.1. The van der Waals surface area contributed by atoms with E-state index in [1.165, 1.54) is 12.1 Å². The molecule has 2 aromatic carbocycles. The molecule has 1 aliphatic heterocycles. The van der Waals surface area contributed by atoms with E-state index >= 15 is 0 Å². The lowest BCUT2D eigenvalue weighted by molar-refractivity contribution is 0.0547. The molecule has 0 aliphatic carbocycles. The molecule has 144 valence electrons. The summed E-state index contributed by atoms with van der Waals surface area (Å²) in [5.74, 6) is 0.362. The predicted molar refractivity (Wildman–Crippen MR) is 102 cm³/mol. The van der Waals surface area contributed by atoms with Crippen LogP contribution in [0.2, 0.25) is 0 Å². The molecule has 6 nitrogen and oxygen atoms in total. The SMILES string of the molecule is CC(c1nc(-c2ccccc2)no1)N1CCN(C(=O)c2ccccc2F)CC1. The molecule has 28 heavy (non-hydrogen) atoms. The predicted octanol–water partition coefficient (Wildman–Crippen LogP) is 3.39. The Balaban J connectivity index is 1.39. The monoisotopic (exact) mass is 380 g/mol. The third-order valence-corrected chi connectivity index (χ3v) is 5.08. The molecule has 3 aromatic rings. The van der Waals surface area contributed by atoms with Gasteiger partial charge in [-0.25, -0.2) is 4.39 Å². The van der Waals surface area contributed by atoms with Crippen molar-refractivity contribution < 1.29 is 13.7 Å². The number of benzene rings is 2. The average molecular weight is 380 g/mol. The second kappa shape index (κ2) is 7.90. The van der Waals surface area contributed by atoms with Crippen LogP contribution >= 0.6 is 0 Å². The van der Waals surface area contributed by atoms with Crippen molar-refractivity contribution in [3.05, 3.63) is 71.9 Å². The maximum atomic E-state index is 13.9. The first kappa shape index (κ1) is 18.3. The van der Waals surface area contributed by atoms with E-state index in [4.69, 9.17) is 4.52 Å².